The van der Waals surface area contributed by atoms with Crippen LogP contribution in [0.15, 0.2) is 60.7 Å². The van der Waals surface area contributed by atoms with Gasteiger partial charge in [-0.05, 0) is 45.2 Å². The van der Waals surface area contributed by atoms with Crippen molar-refractivity contribution in [1.82, 2.24) is 0 Å². The summed E-state index contributed by atoms with van der Waals surface area (Å²) in [7, 11) is 2.12. The molecular formula is C28H33NO. The largest absolute Gasteiger partial charge is 0.507 e. The number of hydrogen-bond donors (Lipinski definition) is 1. The molecule has 1 heterocycles. The molecule has 0 aliphatic carbocycles. The highest BCUT2D eigenvalue weighted by Crippen LogP contribution is 2.51. The van der Waals surface area contributed by atoms with E-state index in [0.29, 0.717) is 5.75 Å². The molecule has 0 spiro atoms. The fourth-order valence-corrected chi connectivity index (χ4v) is 4.59. The molecule has 156 valence electrons. The van der Waals surface area contributed by atoms with Gasteiger partial charge in [0.1, 0.15) is 5.75 Å². The lowest BCUT2D eigenvalue weighted by Crippen LogP contribution is -2.24. The van der Waals surface area contributed by atoms with Crippen LogP contribution in [-0.2, 0) is 10.8 Å². The fourth-order valence-electron chi connectivity index (χ4n) is 4.59. The van der Waals surface area contributed by atoms with Crippen molar-refractivity contribution >= 4 is 11.4 Å². The van der Waals surface area contributed by atoms with Gasteiger partial charge >= 0.3 is 0 Å². The van der Waals surface area contributed by atoms with Crippen LogP contribution in [-0.4, -0.2) is 12.2 Å². The van der Waals surface area contributed by atoms with E-state index in [4.69, 9.17) is 0 Å². The number of fused-ring (bicyclic) bond motifs is 2. The monoisotopic (exact) mass is 399 g/mol. The fraction of sp³-hybridized carbons (Fsp3) is 0.357. The maximum absolute atomic E-state index is 11.6. The second kappa shape index (κ2) is 6.91. The lowest BCUT2D eigenvalue weighted by molar-refractivity contribution is 0.437. The van der Waals surface area contributed by atoms with Crippen LogP contribution in [0.25, 0.3) is 0 Å². The molecule has 0 saturated heterocycles. The average molecular weight is 400 g/mol. The molecule has 3 aromatic rings. The first-order valence-corrected chi connectivity index (χ1v) is 10.8. The van der Waals surface area contributed by atoms with Gasteiger partial charge in [-0.1, -0.05) is 90.1 Å². The molecule has 3 aromatic carbocycles. The highest BCUT2D eigenvalue weighted by molar-refractivity contribution is 5.78. The van der Waals surface area contributed by atoms with Crippen LogP contribution in [0.2, 0.25) is 0 Å². The van der Waals surface area contributed by atoms with E-state index in [1.807, 2.05) is 0 Å². The summed E-state index contributed by atoms with van der Waals surface area (Å²) in [6.45, 7) is 13.3. The van der Waals surface area contributed by atoms with E-state index >= 15 is 0 Å². The second-order valence-corrected chi connectivity index (χ2v) is 10.6. The summed E-state index contributed by atoms with van der Waals surface area (Å²) in [5.74, 6) is 0.423. The molecule has 1 N–H and O–H groups in total. The molecule has 0 amide bonds. The Hall–Kier alpha value is -2.74. The number of benzene rings is 3. The third-order valence-electron chi connectivity index (χ3n) is 6.34. The van der Waals surface area contributed by atoms with E-state index in [9.17, 15) is 5.11 Å². The molecule has 0 saturated carbocycles. The minimum Gasteiger partial charge on any atom is -0.507 e. The SMILES string of the molecule is CN1c2ccccc2C(c2cc(C(C)(C)C)cc(C(C)(C)C)c2O)c2ccccc21. The topological polar surface area (TPSA) is 23.5 Å². The number of nitrogens with zero attached hydrogens (tertiary/aromatic N) is 1. The van der Waals surface area contributed by atoms with Gasteiger partial charge in [-0.25, -0.2) is 0 Å². The van der Waals surface area contributed by atoms with Crippen LogP contribution >= 0.6 is 0 Å². The van der Waals surface area contributed by atoms with Gasteiger partial charge in [0.05, 0.1) is 0 Å². The lowest BCUT2D eigenvalue weighted by Gasteiger charge is -2.37. The number of anilines is 2. The molecule has 0 unspecified atom stereocenters. The first-order valence-electron chi connectivity index (χ1n) is 10.8. The van der Waals surface area contributed by atoms with Crippen molar-refractivity contribution in [3.63, 3.8) is 0 Å². The summed E-state index contributed by atoms with van der Waals surface area (Å²) >= 11 is 0. The minimum atomic E-state index is -0.148. The molecule has 1 aliphatic heterocycles. The molecule has 0 atom stereocenters. The van der Waals surface area contributed by atoms with Crippen molar-refractivity contribution in [2.24, 2.45) is 0 Å². The molecule has 2 nitrogen and oxygen atoms in total. The average Bonchev–Trinajstić information content (AvgIpc) is 2.67. The molecule has 30 heavy (non-hydrogen) atoms. The summed E-state index contributed by atoms with van der Waals surface area (Å²) in [4.78, 5) is 2.26. The van der Waals surface area contributed by atoms with E-state index in [0.717, 1.165) is 11.1 Å². The van der Waals surface area contributed by atoms with Crippen molar-refractivity contribution in [3.8, 4) is 5.75 Å². The molecule has 4 rings (SSSR count). The van der Waals surface area contributed by atoms with Gasteiger partial charge in [-0.3, -0.25) is 0 Å². The summed E-state index contributed by atoms with van der Waals surface area (Å²) in [5, 5.41) is 11.6. The Morgan fingerprint density at radius 3 is 1.67 bits per heavy atom. The van der Waals surface area contributed by atoms with Crippen molar-refractivity contribution in [1.29, 1.82) is 0 Å². The van der Waals surface area contributed by atoms with Gasteiger partial charge in [-0.2, -0.15) is 0 Å². The van der Waals surface area contributed by atoms with Crippen LogP contribution in [0.3, 0.4) is 0 Å². The highest BCUT2D eigenvalue weighted by atomic mass is 16.3. The zero-order valence-electron chi connectivity index (χ0n) is 19.2. The molecular weight excluding hydrogens is 366 g/mol. The zero-order valence-corrected chi connectivity index (χ0v) is 19.2. The van der Waals surface area contributed by atoms with Crippen LogP contribution < -0.4 is 4.90 Å². The number of aromatic hydroxyl groups is 1. The van der Waals surface area contributed by atoms with Gasteiger partial charge in [-0.15, -0.1) is 0 Å². The Labute approximate surface area is 181 Å². The number of hydrogen-bond acceptors (Lipinski definition) is 2. The quantitative estimate of drug-likeness (QED) is 0.466. The molecule has 1 aliphatic rings. The number of phenols is 1. The molecule has 0 radical (unpaired) electrons. The maximum atomic E-state index is 11.6. The summed E-state index contributed by atoms with van der Waals surface area (Å²) in [6, 6.07) is 21.6. The number of phenolic OH excluding ortho intramolecular Hbond substituents is 1. The van der Waals surface area contributed by atoms with Gasteiger partial charge < -0.3 is 10.0 Å². The summed E-state index contributed by atoms with van der Waals surface area (Å²) in [6.07, 6.45) is 0. The van der Waals surface area contributed by atoms with Crippen LogP contribution in [0.5, 0.6) is 5.75 Å². The Morgan fingerprint density at radius 1 is 0.700 bits per heavy atom. The van der Waals surface area contributed by atoms with Gasteiger partial charge in [0.25, 0.3) is 0 Å². The number of rotatable bonds is 1. The Bertz CT molecular complexity index is 1050. The van der Waals surface area contributed by atoms with Crippen LogP contribution in [0.1, 0.15) is 75.3 Å². The number of para-hydroxylation sites is 2. The smallest absolute Gasteiger partial charge is 0.123 e. The predicted octanol–water partition coefficient (Wildman–Crippen LogP) is 7.25. The van der Waals surface area contributed by atoms with E-state index in [-0.39, 0.29) is 16.7 Å². The van der Waals surface area contributed by atoms with Gasteiger partial charge in [0, 0.05) is 29.9 Å². The molecule has 0 aromatic heterocycles. The van der Waals surface area contributed by atoms with Crippen molar-refractivity contribution in [3.05, 3.63) is 88.5 Å². The van der Waals surface area contributed by atoms with Gasteiger partial charge in [0.2, 0.25) is 0 Å². The van der Waals surface area contributed by atoms with Crippen molar-refractivity contribution in [2.75, 3.05) is 11.9 Å². The van der Waals surface area contributed by atoms with Crippen LogP contribution in [0.4, 0.5) is 11.4 Å². The first-order chi connectivity index (χ1) is 14.0. The molecule has 0 fully saturated rings. The van der Waals surface area contributed by atoms with Gasteiger partial charge in [0.15, 0.2) is 0 Å². The molecule has 2 heteroatoms. The standard InChI is InChI=1S/C28H33NO/c1-27(2,3)18-16-21(26(30)22(17-18)28(4,5)6)25-19-12-8-10-14-23(19)29(7)24-15-11-9-13-20(24)25/h8-17,25,30H,1-7H3. The van der Waals surface area contributed by atoms with Crippen molar-refractivity contribution < 1.29 is 5.11 Å². The van der Waals surface area contributed by atoms with E-state index < -0.39 is 0 Å². The maximum Gasteiger partial charge on any atom is 0.123 e. The zero-order chi connectivity index (χ0) is 21.8. The highest BCUT2D eigenvalue weighted by Gasteiger charge is 2.34. The van der Waals surface area contributed by atoms with E-state index in [1.54, 1.807) is 0 Å². The predicted molar refractivity (Wildman–Crippen MR) is 127 cm³/mol. The Morgan fingerprint density at radius 2 is 1.20 bits per heavy atom. The normalized spacial score (nSPS) is 14.4. The minimum absolute atomic E-state index is 0.00278. The summed E-state index contributed by atoms with van der Waals surface area (Å²) < 4.78 is 0. The summed E-state index contributed by atoms with van der Waals surface area (Å²) in [5.41, 5.74) is 7.98. The third kappa shape index (κ3) is 3.29. The van der Waals surface area contributed by atoms with Crippen molar-refractivity contribution in [2.45, 2.75) is 58.3 Å². The Kier molecular flexibility index (Phi) is 4.73. The lowest BCUT2D eigenvalue weighted by atomic mass is 9.74. The van der Waals surface area contributed by atoms with E-state index in [2.05, 4.69) is 114 Å². The molecule has 0 bridgehead atoms. The Balaban J connectivity index is 2.07. The van der Waals surface area contributed by atoms with Crippen LogP contribution in [0, 0.1) is 0 Å². The van der Waals surface area contributed by atoms with E-state index in [1.165, 1.54) is 28.1 Å². The third-order valence-corrected chi connectivity index (χ3v) is 6.34. The first kappa shape index (κ1) is 20.5. The second-order valence-electron chi connectivity index (χ2n) is 10.6.